The summed E-state index contributed by atoms with van der Waals surface area (Å²) in [6.45, 7) is 9.82. The van der Waals surface area contributed by atoms with Gasteiger partial charge in [-0.3, -0.25) is 0 Å². The molecule has 3 aliphatic carbocycles. The third-order valence-electron chi connectivity index (χ3n) is 12.4. The average molecular weight is 640 g/mol. The topological polar surface area (TPSA) is 66.5 Å². The number of ether oxygens (including phenoxy) is 5. The maximum absolute atomic E-state index is 13.7. The third kappa shape index (κ3) is 4.74. The van der Waals surface area contributed by atoms with Gasteiger partial charge in [-0.25, -0.2) is 4.79 Å². The standard InChI is InChI=1S/C40H49NO6/c1-7-8-9-10-24-20-26(22-33-34(24)27-19-23(2)11-13-28(27)39(3,4)47-33)44-38(42)45-32-16-14-29-30-21-25-12-15-31(43-6)36-35(25)40(29,37(32)46-36)17-18-41(30)5/h12,14-16,19-20,22,27-30,32,37H,7-11,13,17-18,21H2,1-6H3/t27-,28-,29+,30?,32+,37+,40?/m1/s1. The first-order valence-corrected chi connectivity index (χ1v) is 17.8. The number of piperidine rings is 1. The minimum Gasteiger partial charge on any atom is -0.493 e. The summed E-state index contributed by atoms with van der Waals surface area (Å²) >= 11 is 0. The summed E-state index contributed by atoms with van der Waals surface area (Å²) in [5, 5.41) is 0. The lowest BCUT2D eigenvalue weighted by Crippen LogP contribution is -2.65. The monoisotopic (exact) mass is 639 g/mol. The summed E-state index contributed by atoms with van der Waals surface area (Å²) in [6, 6.07) is 8.54. The van der Waals surface area contributed by atoms with Crippen LogP contribution in [0.3, 0.4) is 0 Å². The molecule has 1 saturated heterocycles. The molecule has 2 aromatic rings. The molecular weight excluding hydrogens is 590 g/mol. The smallest absolute Gasteiger partial charge is 0.493 e. The van der Waals surface area contributed by atoms with Gasteiger partial charge in [-0.15, -0.1) is 0 Å². The van der Waals surface area contributed by atoms with Crippen molar-refractivity contribution in [2.45, 2.75) is 114 Å². The molecular formula is C40H49NO6. The Morgan fingerprint density at radius 2 is 2.00 bits per heavy atom. The largest absolute Gasteiger partial charge is 0.514 e. The van der Waals surface area contributed by atoms with E-state index in [1.54, 1.807) is 7.11 Å². The van der Waals surface area contributed by atoms with E-state index in [0.717, 1.165) is 75.2 Å². The minimum absolute atomic E-state index is 0.270. The van der Waals surface area contributed by atoms with Crippen molar-refractivity contribution in [2.75, 3.05) is 20.7 Å². The van der Waals surface area contributed by atoms with Gasteiger partial charge in [0.25, 0.3) is 0 Å². The van der Waals surface area contributed by atoms with Gasteiger partial charge in [0.15, 0.2) is 17.6 Å². The fraction of sp³-hybridized carbons (Fsp3) is 0.575. The van der Waals surface area contributed by atoms with Crippen molar-refractivity contribution in [2.24, 2.45) is 11.8 Å². The lowest BCUT2D eigenvalue weighted by molar-refractivity contribution is -0.0564. The fourth-order valence-corrected chi connectivity index (χ4v) is 10.1. The number of methoxy groups -OCH3 is 1. The van der Waals surface area contributed by atoms with Crippen molar-refractivity contribution >= 4 is 6.16 Å². The van der Waals surface area contributed by atoms with E-state index in [2.05, 4.69) is 63.9 Å². The molecule has 0 saturated carbocycles. The van der Waals surface area contributed by atoms with Crippen LogP contribution in [0.15, 0.2) is 48.1 Å². The normalized spacial score (nSPS) is 32.2. The molecule has 7 nitrogen and oxygen atoms in total. The number of carbonyl (C=O) groups excluding carboxylic acids is 1. The summed E-state index contributed by atoms with van der Waals surface area (Å²) in [4.78, 5) is 16.1. The lowest BCUT2D eigenvalue weighted by Gasteiger charge is -2.56. The summed E-state index contributed by atoms with van der Waals surface area (Å²) in [5.74, 6) is 3.83. The molecule has 2 aromatic carbocycles. The number of rotatable bonds is 7. The number of hydrogen-bond donors (Lipinski definition) is 0. The molecule has 0 N–H and O–H groups in total. The van der Waals surface area contributed by atoms with E-state index in [4.69, 9.17) is 23.7 Å². The van der Waals surface area contributed by atoms with Crippen molar-refractivity contribution in [3.63, 3.8) is 0 Å². The van der Waals surface area contributed by atoms with Crippen molar-refractivity contribution in [3.05, 3.63) is 70.3 Å². The molecule has 0 radical (unpaired) electrons. The Kier molecular flexibility index (Phi) is 7.43. The van der Waals surface area contributed by atoms with E-state index >= 15 is 0 Å². The maximum atomic E-state index is 13.7. The zero-order valence-corrected chi connectivity index (χ0v) is 28.8. The number of likely N-dealkylation sites (N-methyl/N-ethyl adjacent to an activating group) is 1. The van der Waals surface area contributed by atoms with E-state index < -0.39 is 12.3 Å². The SMILES string of the molecule is CCCCCc1cc(OC(=O)O[C@H]2C=C[C@H]3C4Cc5ccc(OC)c6c5C3(CCN4C)[C@H]2O6)cc2c1[C@@H]1C=C(C)CC[C@H]1C(C)(C)O2. The Morgan fingerprint density at radius 3 is 2.81 bits per heavy atom. The van der Waals surface area contributed by atoms with E-state index in [0.29, 0.717) is 23.6 Å². The summed E-state index contributed by atoms with van der Waals surface area (Å²) in [7, 11) is 3.91. The molecule has 47 heavy (non-hydrogen) atoms. The van der Waals surface area contributed by atoms with Gasteiger partial charge >= 0.3 is 6.16 Å². The molecule has 0 amide bonds. The molecule has 2 bridgehead atoms. The van der Waals surface area contributed by atoms with E-state index in [1.165, 1.54) is 27.8 Å². The minimum atomic E-state index is -0.720. The van der Waals surface area contributed by atoms with Gasteiger partial charge < -0.3 is 28.6 Å². The first kappa shape index (κ1) is 30.9. The second-order valence-electron chi connectivity index (χ2n) is 15.4. The highest BCUT2D eigenvalue weighted by atomic mass is 16.7. The summed E-state index contributed by atoms with van der Waals surface area (Å²) in [6.07, 6.45) is 13.5. The molecule has 3 heterocycles. The fourth-order valence-electron chi connectivity index (χ4n) is 10.1. The first-order chi connectivity index (χ1) is 22.6. The van der Waals surface area contributed by atoms with Crippen molar-refractivity contribution in [1.82, 2.24) is 4.90 Å². The quantitative estimate of drug-likeness (QED) is 0.131. The molecule has 1 fully saturated rings. The highest BCUT2D eigenvalue weighted by Gasteiger charge is 2.65. The zero-order chi connectivity index (χ0) is 32.7. The second-order valence-corrected chi connectivity index (χ2v) is 15.4. The molecule has 3 aliphatic heterocycles. The Labute approximate surface area is 279 Å². The molecule has 250 valence electrons. The van der Waals surface area contributed by atoms with Crippen LogP contribution in [0.25, 0.3) is 0 Å². The maximum Gasteiger partial charge on any atom is 0.514 e. The van der Waals surface area contributed by atoms with Crippen LogP contribution in [0, 0.1) is 11.8 Å². The molecule has 2 unspecified atom stereocenters. The number of carbonyl (C=O) groups is 1. The first-order valence-electron chi connectivity index (χ1n) is 17.8. The van der Waals surface area contributed by atoms with Gasteiger partial charge in [-0.05, 0) is 102 Å². The highest BCUT2D eigenvalue weighted by Crippen LogP contribution is 2.63. The zero-order valence-electron chi connectivity index (χ0n) is 28.8. The van der Waals surface area contributed by atoms with Gasteiger partial charge in [0.05, 0.1) is 7.11 Å². The van der Waals surface area contributed by atoms with E-state index in [-0.39, 0.29) is 23.0 Å². The Morgan fingerprint density at radius 1 is 1.15 bits per heavy atom. The molecule has 1 spiro atoms. The number of allylic oxidation sites excluding steroid dienone is 2. The summed E-state index contributed by atoms with van der Waals surface area (Å²) < 4.78 is 31.5. The summed E-state index contributed by atoms with van der Waals surface area (Å²) in [5.41, 5.74) is 5.89. The highest BCUT2D eigenvalue weighted by molar-refractivity contribution is 5.67. The lowest BCUT2D eigenvalue weighted by atomic mass is 9.53. The van der Waals surface area contributed by atoms with Crippen LogP contribution in [0.1, 0.15) is 94.4 Å². The predicted octanol–water partition coefficient (Wildman–Crippen LogP) is 8.07. The van der Waals surface area contributed by atoms with Crippen LogP contribution in [0.5, 0.6) is 23.0 Å². The predicted molar refractivity (Wildman–Crippen MR) is 181 cm³/mol. The number of nitrogens with zero attached hydrogens (tertiary/aromatic N) is 1. The number of unbranched alkanes of at least 4 members (excludes halogenated alkanes) is 2. The average Bonchev–Trinajstić information content (AvgIpc) is 3.38. The van der Waals surface area contributed by atoms with Crippen LogP contribution in [0.2, 0.25) is 0 Å². The molecule has 7 atom stereocenters. The Balaban J connectivity index is 1.10. The number of hydrogen-bond acceptors (Lipinski definition) is 7. The molecule has 8 rings (SSSR count). The van der Waals surface area contributed by atoms with Gasteiger partial charge in [0, 0.05) is 46.4 Å². The number of fused-ring (bicyclic) bond motifs is 3. The van der Waals surface area contributed by atoms with Crippen LogP contribution in [-0.4, -0.2) is 55.6 Å². The molecule has 7 heteroatoms. The van der Waals surface area contributed by atoms with Gasteiger partial charge in [-0.1, -0.05) is 43.6 Å². The molecule has 6 aliphatic rings. The van der Waals surface area contributed by atoms with Crippen LogP contribution < -0.4 is 18.9 Å². The third-order valence-corrected chi connectivity index (χ3v) is 12.4. The molecule has 0 aromatic heterocycles. The van der Waals surface area contributed by atoms with E-state index in [9.17, 15) is 4.79 Å². The second kappa shape index (κ2) is 11.3. The van der Waals surface area contributed by atoms with Gasteiger partial charge in [0.2, 0.25) is 0 Å². The number of likely N-dealkylation sites (tertiary alicyclic amines) is 1. The number of aryl methyl sites for hydroxylation is 1. The van der Waals surface area contributed by atoms with Gasteiger partial charge in [0.1, 0.15) is 23.2 Å². The van der Waals surface area contributed by atoms with Crippen LogP contribution >= 0.6 is 0 Å². The van der Waals surface area contributed by atoms with Crippen molar-refractivity contribution in [1.29, 1.82) is 0 Å². The Bertz CT molecular complexity index is 1660. The van der Waals surface area contributed by atoms with Crippen LogP contribution in [-0.2, 0) is 23.0 Å². The van der Waals surface area contributed by atoms with E-state index in [1.807, 2.05) is 18.2 Å². The Hall–Kier alpha value is -3.45. The van der Waals surface area contributed by atoms with Crippen LogP contribution in [0.4, 0.5) is 4.79 Å². The van der Waals surface area contributed by atoms with Crippen molar-refractivity contribution in [3.8, 4) is 23.0 Å². The van der Waals surface area contributed by atoms with Crippen molar-refractivity contribution < 1.29 is 28.5 Å². The van der Waals surface area contributed by atoms with Gasteiger partial charge in [-0.2, -0.15) is 0 Å². The number of benzene rings is 2.